The first-order chi connectivity index (χ1) is 16.2. The summed E-state index contributed by atoms with van der Waals surface area (Å²) in [5, 5.41) is 4.44. The lowest BCUT2D eigenvalue weighted by Crippen LogP contribution is -2.38. The number of likely N-dealkylation sites (tertiary alicyclic amines) is 1. The third-order valence-electron chi connectivity index (χ3n) is 6.99. The van der Waals surface area contributed by atoms with Crippen LogP contribution >= 0.6 is 0 Å². The van der Waals surface area contributed by atoms with Gasteiger partial charge in [0.2, 0.25) is 0 Å². The van der Waals surface area contributed by atoms with Crippen LogP contribution in [0.15, 0.2) is 73.1 Å². The highest BCUT2D eigenvalue weighted by atomic mass is 16.5. The van der Waals surface area contributed by atoms with Crippen molar-refractivity contribution < 1.29 is 9.53 Å². The lowest BCUT2D eigenvalue weighted by molar-refractivity contribution is 0.0715. The highest BCUT2D eigenvalue weighted by Crippen LogP contribution is 2.36. The van der Waals surface area contributed by atoms with Crippen molar-refractivity contribution in [3.8, 4) is 5.75 Å². The molecule has 2 aromatic heterocycles. The van der Waals surface area contributed by atoms with Gasteiger partial charge in [-0.3, -0.25) is 9.78 Å². The molecular formula is C28H25N3O2. The standard InChI is InChI=1S/C28H25N3O2/c1-33-20-8-9-26-23(16-20)25(17-30-26)18-10-13-31(14-11-18)28(32)24-15-19-5-2-3-6-21(19)22-7-4-12-29-27(22)24/h2-9,12,15-18,30H,10-11,13-14H2,1H3. The molecule has 1 fully saturated rings. The molecule has 6 rings (SSSR count). The topological polar surface area (TPSA) is 58.2 Å². The van der Waals surface area contributed by atoms with Crippen LogP contribution in [0.3, 0.4) is 0 Å². The molecule has 0 bridgehead atoms. The number of rotatable bonds is 3. The zero-order chi connectivity index (χ0) is 22.4. The van der Waals surface area contributed by atoms with Crippen molar-refractivity contribution in [2.45, 2.75) is 18.8 Å². The van der Waals surface area contributed by atoms with E-state index in [1.807, 2.05) is 35.2 Å². The minimum absolute atomic E-state index is 0.0727. The lowest BCUT2D eigenvalue weighted by atomic mass is 9.88. The average molecular weight is 436 g/mol. The van der Waals surface area contributed by atoms with E-state index in [1.165, 1.54) is 10.9 Å². The van der Waals surface area contributed by atoms with Crippen molar-refractivity contribution in [3.05, 3.63) is 84.2 Å². The molecule has 0 aliphatic carbocycles. The second kappa shape index (κ2) is 7.93. The van der Waals surface area contributed by atoms with E-state index in [9.17, 15) is 4.79 Å². The van der Waals surface area contributed by atoms with Crippen molar-refractivity contribution >= 4 is 38.5 Å². The molecule has 0 spiro atoms. The number of benzene rings is 3. The number of pyridine rings is 1. The fourth-order valence-electron chi connectivity index (χ4n) is 5.24. The van der Waals surface area contributed by atoms with Gasteiger partial charge in [0, 0.05) is 41.8 Å². The number of hydrogen-bond acceptors (Lipinski definition) is 3. The van der Waals surface area contributed by atoms with Crippen LogP contribution in [0.25, 0.3) is 32.6 Å². The van der Waals surface area contributed by atoms with Gasteiger partial charge in [-0.1, -0.05) is 30.3 Å². The Balaban J connectivity index is 1.28. The Labute approximate surface area is 192 Å². The number of carbonyl (C=O) groups excluding carboxylic acids is 1. The third-order valence-corrected chi connectivity index (χ3v) is 6.99. The fourth-order valence-corrected chi connectivity index (χ4v) is 5.24. The first kappa shape index (κ1) is 19.8. The van der Waals surface area contributed by atoms with Crippen LogP contribution in [0, 0.1) is 0 Å². The van der Waals surface area contributed by atoms with Crippen LogP contribution < -0.4 is 4.74 Å². The fraction of sp³-hybridized carbons (Fsp3) is 0.214. The summed E-state index contributed by atoms with van der Waals surface area (Å²) >= 11 is 0. The Morgan fingerprint density at radius 3 is 2.67 bits per heavy atom. The maximum atomic E-state index is 13.6. The second-order valence-electron chi connectivity index (χ2n) is 8.77. The minimum Gasteiger partial charge on any atom is -0.497 e. The molecule has 0 atom stereocenters. The van der Waals surface area contributed by atoms with E-state index in [1.54, 1.807) is 13.3 Å². The van der Waals surface area contributed by atoms with Crippen molar-refractivity contribution in [3.63, 3.8) is 0 Å². The molecule has 0 saturated carbocycles. The Kier molecular flexibility index (Phi) is 4.75. The predicted octanol–water partition coefficient (Wildman–Crippen LogP) is 5.90. The Bertz CT molecular complexity index is 1500. The zero-order valence-corrected chi connectivity index (χ0v) is 18.5. The first-order valence-corrected chi connectivity index (χ1v) is 11.4. The van der Waals surface area contributed by atoms with E-state index in [4.69, 9.17) is 4.74 Å². The van der Waals surface area contributed by atoms with Gasteiger partial charge in [-0.25, -0.2) is 0 Å². The number of fused-ring (bicyclic) bond motifs is 4. The van der Waals surface area contributed by atoms with Crippen LogP contribution in [0.4, 0.5) is 0 Å². The van der Waals surface area contributed by atoms with Crippen molar-refractivity contribution in [1.82, 2.24) is 14.9 Å². The number of aromatic amines is 1. The van der Waals surface area contributed by atoms with E-state index in [0.29, 0.717) is 11.5 Å². The largest absolute Gasteiger partial charge is 0.497 e. The highest BCUT2D eigenvalue weighted by molar-refractivity contribution is 6.15. The average Bonchev–Trinajstić information content (AvgIpc) is 3.31. The number of H-pyrrole nitrogens is 1. The molecule has 1 amide bonds. The van der Waals surface area contributed by atoms with Crippen LogP contribution in [-0.4, -0.2) is 41.0 Å². The molecular weight excluding hydrogens is 410 g/mol. The number of carbonyl (C=O) groups is 1. The molecule has 1 aliphatic heterocycles. The van der Waals surface area contributed by atoms with Gasteiger partial charge in [0.15, 0.2) is 0 Å². The number of ether oxygens (including phenoxy) is 1. The van der Waals surface area contributed by atoms with Crippen molar-refractivity contribution in [2.24, 2.45) is 0 Å². The summed E-state index contributed by atoms with van der Waals surface area (Å²) in [5.74, 6) is 1.36. The van der Waals surface area contributed by atoms with Gasteiger partial charge in [0.1, 0.15) is 5.75 Å². The SMILES string of the molecule is COc1ccc2[nH]cc(C3CCN(C(=O)c4cc5ccccc5c5cccnc45)CC3)c2c1. The zero-order valence-electron chi connectivity index (χ0n) is 18.5. The molecule has 33 heavy (non-hydrogen) atoms. The van der Waals surface area contributed by atoms with Gasteiger partial charge in [-0.15, -0.1) is 0 Å². The number of amides is 1. The summed E-state index contributed by atoms with van der Waals surface area (Å²) in [6.07, 6.45) is 5.77. The van der Waals surface area contributed by atoms with E-state index in [0.717, 1.165) is 58.9 Å². The van der Waals surface area contributed by atoms with E-state index in [2.05, 4.69) is 46.5 Å². The van der Waals surface area contributed by atoms with Crippen LogP contribution in [0.2, 0.25) is 0 Å². The molecule has 5 nitrogen and oxygen atoms in total. The predicted molar refractivity (Wildman–Crippen MR) is 132 cm³/mol. The molecule has 1 N–H and O–H groups in total. The molecule has 1 aliphatic rings. The molecule has 0 unspecified atom stereocenters. The maximum Gasteiger partial charge on any atom is 0.256 e. The summed E-state index contributed by atoms with van der Waals surface area (Å²) < 4.78 is 5.42. The first-order valence-electron chi connectivity index (χ1n) is 11.4. The van der Waals surface area contributed by atoms with Crippen LogP contribution in [0.5, 0.6) is 5.75 Å². The molecule has 164 valence electrons. The number of aromatic nitrogens is 2. The smallest absolute Gasteiger partial charge is 0.256 e. The monoisotopic (exact) mass is 435 g/mol. The number of piperidine rings is 1. The molecule has 1 saturated heterocycles. The van der Waals surface area contributed by atoms with Crippen LogP contribution in [0.1, 0.15) is 34.7 Å². The quantitative estimate of drug-likeness (QED) is 0.359. The molecule has 5 aromatic rings. The highest BCUT2D eigenvalue weighted by Gasteiger charge is 2.27. The third kappa shape index (κ3) is 3.32. The summed E-state index contributed by atoms with van der Waals surface area (Å²) in [4.78, 5) is 23.6. The number of nitrogens with zero attached hydrogens (tertiary/aromatic N) is 2. The number of methoxy groups -OCH3 is 1. The molecule has 5 heteroatoms. The number of nitrogens with one attached hydrogen (secondary N) is 1. The maximum absolute atomic E-state index is 13.6. The van der Waals surface area contributed by atoms with Gasteiger partial charge < -0.3 is 14.6 Å². The molecule has 0 radical (unpaired) electrons. The summed E-state index contributed by atoms with van der Waals surface area (Å²) in [7, 11) is 1.70. The summed E-state index contributed by atoms with van der Waals surface area (Å²) in [6.45, 7) is 1.47. The second-order valence-corrected chi connectivity index (χ2v) is 8.77. The Morgan fingerprint density at radius 2 is 1.82 bits per heavy atom. The molecule has 3 heterocycles. The van der Waals surface area contributed by atoms with E-state index < -0.39 is 0 Å². The van der Waals surface area contributed by atoms with Gasteiger partial charge in [-0.05, 0) is 65.4 Å². The molecule has 3 aromatic carbocycles. The van der Waals surface area contributed by atoms with E-state index in [-0.39, 0.29) is 5.91 Å². The Morgan fingerprint density at radius 1 is 1.00 bits per heavy atom. The van der Waals surface area contributed by atoms with Gasteiger partial charge in [0.25, 0.3) is 5.91 Å². The van der Waals surface area contributed by atoms with Crippen molar-refractivity contribution in [2.75, 3.05) is 20.2 Å². The lowest BCUT2D eigenvalue weighted by Gasteiger charge is -2.32. The van der Waals surface area contributed by atoms with Crippen molar-refractivity contribution in [1.29, 1.82) is 0 Å². The van der Waals surface area contributed by atoms with Crippen LogP contribution in [-0.2, 0) is 0 Å². The number of hydrogen-bond donors (Lipinski definition) is 1. The Hall–Kier alpha value is -3.86. The van der Waals surface area contributed by atoms with Gasteiger partial charge >= 0.3 is 0 Å². The van der Waals surface area contributed by atoms with E-state index >= 15 is 0 Å². The van der Waals surface area contributed by atoms with Gasteiger partial charge in [-0.2, -0.15) is 0 Å². The summed E-state index contributed by atoms with van der Waals surface area (Å²) in [6, 6.07) is 20.3. The summed E-state index contributed by atoms with van der Waals surface area (Å²) in [5.41, 5.74) is 3.92. The van der Waals surface area contributed by atoms with Gasteiger partial charge in [0.05, 0.1) is 18.2 Å². The normalized spacial score (nSPS) is 14.9. The minimum atomic E-state index is 0.0727.